The molecule has 0 aliphatic carbocycles. The summed E-state index contributed by atoms with van der Waals surface area (Å²) in [7, 11) is 0. The van der Waals surface area contributed by atoms with Gasteiger partial charge in [0.2, 0.25) is 0 Å². The fraction of sp³-hybridized carbons (Fsp3) is 0.357. The van der Waals surface area contributed by atoms with Crippen LogP contribution in [-0.4, -0.2) is 12.5 Å². The zero-order valence-corrected chi connectivity index (χ0v) is 10.6. The van der Waals surface area contributed by atoms with Crippen molar-refractivity contribution in [3.05, 3.63) is 47.2 Å². The summed E-state index contributed by atoms with van der Waals surface area (Å²) in [6.07, 6.45) is 3.26. The smallest absolute Gasteiger partial charge is 0.258 e. The minimum atomic E-state index is -0.107. The number of carbonyl (C=O) groups is 1. The molecular weight excluding hydrogens is 214 g/mol. The highest BCUT2D eigenvalue weighted by molar-refractivity contribution is 5.77. The molecule has 0 spiro atoms. The Balaban J connectivity index is 2.45. The van der Waals surface area contributed by atoms with E-state index in [-0.39, 0.29) is 12.5 Å². The predicted octanol–water partition coefficient (Wildman–Crippen LogP) is 2.47. The van der Waals surface area contributed by atoms with E-state index < -0.39 is 0 Å². The van der Waals surface area contributed by atoms with Crippen molar-refractivity contribution < 1.29 is 9.53 Å². The molecule has 92 valence electrons. The average Bonchev–Trinajstić information content (AvgIpc) is 2.31. The summed E-state index contributed by atoms with van der Waals surface area (Å²) < 4.78 is 4.99. The molecule has 1 aromatic carbocycles. The Hall–Kier alpha value is -1.77. The molecule has 0 aromatic heterocycles. The van der Waals surface area contributed by atoms with E-state index in [1.807, 2.05) is 19.1 Å². The number of nitrogens with one attached hydrogen (secondary N) is 1. The molecule has 1 aromatic rings. The largest absolute Gasteiger partial charge is 0.492 e. The van der Waals surface area contributed by atoms with Gasteiger partial charge in [-0.1, -0.05) is 24.3 Å². The molecule has 0 saturated carbocycles. The van der Waals surface area contributed by atoms with E-state index in [0.29, 0.717) is 6.54 Å². The van der Waals surface area contributed by atoms with Crippen LogP contribution >= 0.6 is 0 Å². The maximum atomic E-state index is 11.4. The normalized spacial score (nSPS) is 10.5. The number of hydrogen-bond acceptors (Lipinski definition) is 2. The van der Waals surface area contributed by atoms with Gasteiger partial charge >= 0.3 is 0 Å². The monoisotopic (exact) mass is 233 g/mol. The first-order valence-electron chi connectivity index (χ1n) is 5.69. The number of benzene rings is 1. The number of hydrogen-bond donors (Lipinski definition) is 1. The Labute approximate surface area is 102 Å². The van der Waals surface area contributed by atoms with E-state index >= 15 is 0 Å². The highest BCUT2D eigenvalue weighted by Gasteiger charge is 2.03. The van der Waals surface area contributed by atoms with Crippen LogP contribution in [-0.2, 0) is 16.1 Å². The van der Waals surface area contributed by atoms with Crippen molar-refractivity contribution in [2.75, 3.05) is 6.61 Å². The third kappa shape index (κ3) is 4.31. The van der Waals surface area contributed by atoms with Crippen LogP contribution in [0.3, 0.4) is 0 Å². The maximum absolute atomic E-state index is 11.4. The maximum Gasteiger partial charge on any atom is 0.258 e. The molecule has 0 aliphatic rings. The van der Waals surface area contributed by atoms with Crippen LogP contribution in [0.5, 0.6) is 0 Å². The number of aryl methyl sites for hydroxylation is 1. The van der Waals surface area contributed by atoms with Gasteiger partial charge in [0, 0.05) is 6.54 Å². The van der Waals surface area contributed by atoms with Gasteiger partial charge in [-0.15, -0.1) is 0 Å². The molecule has 1 rings (SSSR count). The lowest BCUT2D eigenvalue weighted by Gasteiger charge is -2.09. The molecular formula is C14H19NO2. The van der Waals surface area contributed by atoms with Crippen molar-refractivity contribution in [1.82, 2.24) is 5.32 Å². The van der Waals surface area contributed by atoms with Gasteiger partial charge < -0.3 is 10.1 Å². The standard InChI is InChI=1S/C14H19NO2/c1-4-8-17-10-14(16)15-9-13-7-5-6-11(2)12(13)3/h4-8H,9-10H2,1-3H3,(H,15,16). The molecule has 0 bridgehead atoms. The van der Waals surface area contributed by atoms with Crippen LogP contribution in [0.25, 0.3) is 0 Å². The number of carbonyl (C=O) groups excluding carboxylic acids is 1. The molecule has 0 saturated heterocycles. The van der Waals surface area contributed by atoms with E-state index in [9.17, 15) is 4.79 Å². The zero-order chi connectivity index (χ0) is 12.7. The van der Waals surface area contributed by atoms with Gasteiger partial charge in [-0.25, -0.2) is 0 Å². The second kappa shape index (κ2) is 6.74. The zero-order valence-electron chi connectivity index (χ0n) is 10.6. The number of amides is 1. The summed E-state index contributed by atoms with van der Waals surface area (Å²) in [6.45, 7) is 6.58. The van der Waals surface area contributed by atoms with Crippen molar-refractivity contribution in [2.45, 2.75) is 27.3 Å². The van der Waals surface area contributed by atoms with Gasteiger partial charge in [-0.2, -0.15) is 0 Å². The summed E-state index contributed by atoms with van der Waals surface area (Å²) >= 11 is 0. The third-order valence-corrected chi connectivity index (χ3v) is 2.64. The number of ether oxygens (including phenoxy) is 1. The fourth-order valence-corrected chi connectivity index (χ4v) is 1.47. The topological polar surface area (TPSA) is 38.3 Å². The molecule has 0 radical (unpaired) electrons. The van der Waals surface area contributed by atoms with Gasteiger partial charge in [0.1, 0.15) is 0 Å². The van der Waals surface area contributed by atoms with Gasteiger partial charge in [0.25, 0.3) is 5.91 Å². The molecule has 0 aliphatic heterocycles. The molecule has 17 heavy (non-hydrogen) atoms. The minimum Gasteiger partial charge on any atom is -0.492 e. The van der Waals surface area contributed by atoms with Crippen molar-refractivity contribution >= 4 is 5.91 Å². The van der Waals surface area contributed by atoms with Crippen LogP contribution in [0.15, 0.2) is 30.5 Å². The summed E-state index contributed by atoms with van der Waals surface area (Å²) in [5, 5.41) is 2.83. The number of rotatable bonds is 5. The Morgan fingerprint density at radius 3 is 2.88 bits per heavy atom. The van der Waals surface area contributed by atoms with Crippen molar-refractivity contribution in [2.24, 2.45) is 0 Å². The lowest BCUT2D eigenvalue weighted by atomic mass is 10.0. The summed E-state index contributed by atoms with van der Waals surface area (Å²) in [4.78, 5) is 11.4. The van der Waals surface area contributed by atoms with Gasteiger partial charge in [0.15, 0.2) is 6.61 Å². The molecule has 0 unspecified atom stereocenters. The van der Waals surface area contributed by atoms with Crippen molar-refractivity contribution in [1.29, 1.82) is 0 Å². The minimum absolute atomic E-state index is 0.0647. The summed E-state index contributed by atoms with van der Waals surface area (Å²) in [5.74, 6) is -0.107. The Kier molecular flexibility index (Phi) is 5.27. The molecule has 1 N–H and O–H groups in total. The van der Waals surface area contributed by atoms with Crippen LogP contribution in [0.1, 0.15) is 23.6 Å². The van der Waals surface area contributed by atoms with E-state index in [0.717, 1.165) is 5.56 Å². The average molecular weight is 233 g/mol. The lowest BCUT2D eigenvalue weighted by molar-refractivity contribution is -0.124. The molecule has 0 fully saturated rings. The highest BCUT2D eigenvalue weighted by atomic mass is 16.5. The summed E-state index contributed by atoms with van der Waals surface area (Å²) in [6, 6.07) is 6.09. The first-order valence-corrected chi connectivity index (χ1v) is 5.69. The quantitative estimate of drug-likeness (QED) is 0.793. The Morgan fingerprint density at radius 2 is 2.18 bits per heavy atom. The van der Waals surface area contributed by atoms with E-state index in [2.05, 4.69) is 25.2 Å². The summed E-state index contributed by atoms with van der Waals surface area (Å²) in [5.41, 5.74) is 3.61. The van der Waals surface area contributed by atoms with Gasteiger partial charge in [-0.3, -0.25) is 4.79 Å². The Morgan fingerprint density at radius 1 is 1.41 bits per heavy atom. The Bertz CT molecular complexity index is 411. The van der Waals surface area contributed by atoms with Crippen LogP contribution in [0, 0.1) is 13.8 Å². The second-order valence-corrected chi connectivity index (χ2v) is 3.92. The fourth-order valence-electron chi connectivity index (χ4n) is 1.47. The number of allylic oxidation sites excluding steroid dienone is 1. The second-order valence-electron chi connectivity index (χ2n) is 3.92. The third-order valence-electron chi connectivity index (χ3n) is 2.64. The van der Waals surface area contributed by atoms with E-state index in [4.69, 9.17) is 4.74 Å². The predicted molar refractivity (Wildman–Crippen MR) is 68.5 cm³/mol. The molecule has 0 heterocycles. The first kappa shape index (κ1) is 13.3. The SMILES string of the molecule is CC=COCC(=O)NCc1cccc(C)c1C. The first-order chi connectivity index (χ1) is 8.15. The molecule has 0 atom stereocenters. The van der Waals surface area contributed by atoms with E-state index in [1.54, 1.807) is 6.08 Å². The van der Waals surface area contributed by atoms with Gasteiger partial charge in [-0.05, 0) is 37.5 Å². The molecule has 3 heteroatoms. The van der Waals surface area contributed by atoms with Gasteiger partial charge in [0.05, 0.1) is 6.26 Å². The lowest BCUT2D eigenvalue weighted by Crippen LogP contribution is -2.26. The highest BCUT2D eigenvalue weighted by Crippen LogP contribution is 2.11. The molecule has 1 amide bonds. The van der Waals surface area contributed by atoms with Crippen molar-refractivity contribution in [3.8, 4) is 0 Å². The van der Waals surface area contributed by atoms with Crippen LogP contribution in [0.4, 0.5) is 0 Å². The molecule has 3 nitrogen and oxygen atoms in total. The van der Waals surface area contributed by atoms with Crippen molar-refractivity contribution in [3.63, 3.8) is 0 Å². The van der Waals surface area contributed by atoms with Crippen LogP contribution < -0.4 is 5.32 Å². The van der Waals surface area contributed by atoms with Crippen LogP contribution in [0.2, 0.25) is 0 Å². The van der Waals surface area contributed by atoms with E-state index in [1.165, 1.54) is 17.4 Å².